The van der Waals surface area contributed by atoms with Gasteiger partial charge in [0.05, 0.1) is 0 Å². The SMILES string of the molecule is CP(Br)(CCCCCCCCCCNC(=O)O)(c1ccccc1)c1ccccc1. The minimum absolute atomic E-state index is 0.573. The molecule has 160 valence electrons. The molecule has 2 aromatic carbocycles. The number of halogens is 1. The van der Waals surface area contributed by atoms with Crippen LogP contribution >= 0.6 is 20.8 Å². The Bertz CT molecular complexity index is 694. The molecule has 1 amide bonds. The van der Waals surface area contributed by atoms with Crippen LogP contribution in [-0.4, -0.2) is 30.6 Å². The summed E-state index contributed by atoms with van der Waals surface area (Å²) in [5.41, 5.74) is 0. The van der Waals surface area contributed by atoms with Crippen molar-refractivity contribution >= 4 is 37.5 Å². The topological polar surface area (TPSA) is 49.3 Å². The van der Waals surface area contributed by atoms with E-state index in [4.69, 9.17) is 5.11 Å². The predicted octanol–water partition coefficient (Wildman–Crippen LogP) is 6.52. The summed E-state index contributed by atoms with van der Waals surface area (Å²) in [4.78, 5) is 10.4. The molecule has 0 fully saturated rings. The first-order chi connectivity index (χ1) is 13.9. The standard InChI is InChI=1S/C24H35BrNO2P/c1-29(25,22-16-10-8-11-17-22,23-18-12-9-13-19-23)21-15-7-5-3-2-4-6-14-20-26-24(27)28/h8-13,16-19,26H,2-7,14-15,20-21H2,1H3,(H,27,28). The number of benzene rings is 2. The Morgan fingerprint density at radius 1 is 0.793 bits per heavy atom. The van der Waals surface area contributed by atoms with Crippen LogP contribution < -0.4 is 15.9 Å². The van der Waals surface area contributed by atoms with E-state index in [1.54, 1.807) is 0 Å². The molecule has 2 aromatic rings. The van der Waals surface area contributed by atoms with Gasteiger partial charge in [0, 0.05) is 0 Å². The number of carboxylic acid groups (broad SMARTS) is 1. The van der Waals surface area contributed by atoms with E-state index < -0.39 is 11.4 Å². The summed E-state index contributed by atoms with van der Waals surface area (Å²) in [5, 5.41) is 11.5. The van der Waals surface area contributed by atoms with Gasteiger partial charge in [-0.1, -0.05) is 0 Å². The molecule has 0 aliphatic carbocycles. The van der Waals surface area contributed by atoms with Crippen LogP contribution in [-0.2, 0) is 0 Å². The molecule has 0 aromatic heterocycles. The van der Waals surface area contributed by atoms with Gasteiger partial charge >= 0.3 is 174 Å². The van der Waals surface area contributed by atoms with Crippen molar-refractivity contribution in [2.45, 2.75) is 51.4 Å². The second-order valence-corrected chi connectivity index (χ2v) is 18.6. The molecule has 2 rings (SSSR count). The van der Waals surface area contributed by atoms with E-state index in [1.807, 2.05) is 0 Å². The second kappa shape index (κ2) is 11.7. The summed E-state index contributed by atoms with van der Waals surface area (Å²) >= 11 is 4.32. The van der Waals surface area contributed by atoms with Crippen molar-refractivity contribution in [3.63, 3.8) is 0 Å². The summed E-state index contributed by atoms with van der Waals surface area (Å²) in [6.07, 6.45) is 9.78. The van der Waals surface area contributed by atoms with Crippen LogP contribution in [0.25, 0.3) is 0 Å². The molecule has 0 saturated carbocycles. The van der Waals surface area contributed by atoms with Crippen LogP contribution in [0.1, 0.15) is 51.4 Å². The summed E-state index contributed by atoms with van der Waals surface area (Å²) in [7, 11) is 0. The van der Waals surface area contributed by atoms with Crippen LogP contribution in [0.2, 0.25) is 0 Å². The molecule has 0 unspecified atom stereocenters. The Kier molecular flexibility index (Phi) is 9.65. The quantitative estimate of drug-likeness (QED) is 0.253. The first-order valence-corrected chi connectivity index (χ1v) is 15.6. The summed E-state index contributed by atoms with van der Waals surface area (Å²) in [6, 6.07) is 21.9. The maximum absolute atomic E-state index is 10.4. The van der Waals surface area contributed by atoms with Gasteiger partial charge in [-0.25, -0.2) is 4.79 Å². The molecule has 0 aliphatic heterocycles. The van der Waals surface area contributed by atoms with E-state index in [-0.39, 0.29) is 0 Å². The van der Waals surface area contributed by atoms with Gasteiger partial charge in [-0.2, -0.15) is 0 Å². The average molecular weight is 480 g/mol. The molecule has 5 heteroatoms. The van der Waals surface area contributed by atoms with Crippen molar-refractivity contribution in [1.82, 2.24) is 5.32 Å². The summed E-state index contributed by atoms with van der Waals surface area (Å²) < 4.78 is 0. The van der Waals surface area contributed by atoms with Gasteiger partial charge in [-0.3, -0.25) is 0 Å². The second-order valence-electron chi connectivity index (χ2n) is 8.10. The molecule has 3 nitrogen and oxygen atoms in total. The summed E-state index contributed by atoms with van der Waals surface area (Å²) in [5.74, 6) is 0. The van der Waals surface area contributed by atoms with Gasteiger partial charge in [0.2, 0.25) is 0 Å². The summed E-state index contributed by atoms with van der Waals surface area (Å²) in [6.45, 7) is 3.02. The van der Waals surface area contributed by atoms with Gasteiger partial charge < -0.3 is 5.11 Å². The average Bonchev–Trinajstić information content (AvgIpc) is 2.73. The zero-order valence-corrected chi connectivity index (χ0v) is 20.0. The van der Waals surface area contributed by atoms with Crippen LogP contribution in [0.3, 0.4) is 0 Å². The molecule has 0 radical (unpaired) electrons. The van der Waals surface area contributed by atoms with Crippen molar-refractivity contribution in [3.8, 4) is 0 Å². The molecule has 0 saturated heterocycles. The Hall–Kier alpha value is -1.38. The number of hydrogen-bond acceptors (Lipinski definition) is 1. The third kappa shape index (κ3) is 7.42. The first-order valence-electron chi connectivity index (χ1n) is 10.7. The van der Waals surface area contributed by atoms with E-state index in [9.17, 15) is 4.79 Å². The number of nitrogens with one attached hydrogen (secondary N) is 1. The zero-order valence-electron chi connectivity index (χ0n) is 17.5. The van der Waals surface area contributed by atoms with Gasteiger partial charge in [-0.15, -0.1) is 0 Å². The van der Waals surface area contributed by atoms with Crippen molar-refractivity contribution in [2.75, 3.05) is 19.4 Å². The number of carbonyl (C=O) groups is 1. The molecule has 2 N–H and O–H groups in total. The zero-order chi connectivity index (χ0) is 21.0. The maximum atomic E-state index is 10.4. The van der Waals surface area contributed by atoms with Crippen LogP contribution in [0.5, 0.6) is 0 Å². The third-order valence-electron chi connectivity index (χ3n) is 5.74. The van der Waals surface area contributed by atoms with Gasteiger partial charge in [0.25, 0.3) is 0 Å². The molecule has 0 spiro atoms. The van der Waals surface area contributed by atoms with Gasteiger partial charge in [-0.05, 0) is 0 Å². The molecule has 0 bridgehead atoms. The monoisotopic (exact) mass is 479 g/mol. The normalized spacial score (nSPS) is 12.8. The van der Waals surface area contributed by atoms with Crippen molar-refractivity contribution in [2.24, 2.45) is 0 Å². The van der Waals surface area contributed by atoms with Crippen LogP contribution in [0.15, 0.2) is 60.7 Å². The fraction of sp³-hybridized carbons (Fsp3) is 0.458. The molecule has 29 heavy (non-hydrogen) atoms. The predicted molar refractivity (Wildman–Crippen MR) is 132 cm³/mol. The Balaban J connectivity index is 1.78. The number of amides is 1. The van der Waals surface area contributed by atoms with Crippen molar-refractivity contribution < 1.29 is 9.90 Å². The molecule has 0 atom stereocenters. The van der Waals surface area contributed by atoms with E-state index in [0.717, 1.165) is 12.8 Å². The number of rotatable bonds is 13. The number of unbranched alkanes of at least 4 members (excludes halogenated alkanes) is 7. The molecular formula is C24H35BrNO2P. The molecule has 0 heterocycles. The molecular weight excluding hydrogens is 445 g/mol. The van der Waals surface area contributed by atoms with Crippen molar-refractivity contribution in [3.05, 3.63) is 60.7 Å². The Labute approximate surface area is 184 Å². The van der Waals surface area contributed by atoms with E-state index in [2.05, 4.69) is 88.1 Å². The molecule has 0 aliphatic rings. The first kappa shape index (κ1) is 23.9. The Morgan fingerprint density at radius 2 is 1.21 bits per heavy atom. The fourth-order valence-corrected chi connectivity index (χ4v) is 9.75. The van der Waals surface area contributed by atoms with Crippen LogP contribution in [0, 0.1) is 0 Å². The van der Waals surface area contributed by atoms with Gasteiger partial charge in [0.15, 0.2) is 0 Å². The number of hydrogen-bond donors (Lipinski definition) is 2. The van der Waals surface area contributed by atoms with E-state index >= 15 is 0 Å². The minimum atomic E-state index is -2.34. The van der Waals surface area contributed by atoms with E-state index in [1.165, 1.54) is 55.3 Å². The third-order valence-corrected chi connectivity index (χ3v) is 13.9. The van der Waals surface area contributed by atoms with Crippen molar-refractivity contribution in [1.29, 1.82) is 0 Å². The van der Waals surface area contributed by atoms with Crippen LogP contribution in [0.4, 0.5) is 4.79 Å². The van der Waals surface area contributed by atoms with E-state index in [0.29, 0.717) is 6.54 Å². The van der Waals surface area contributed by atoms with Gasteiger partial charge in [0.1, 0.15) is 0 Å². The fourth-order valence-electron chi connectivity index (χ4n) is 3.90. The Morgan fingerprint density at radius 3 is 1.66 bits per heavy atom.